The Balaban J connectivity index is 1.82. The molecule has 22 heavy (non-hydrogen) atoms. The Kier molecular flexibility index (Phi) is 4.17. The third kappa shape index (κ3) is 2.75. The Morgan fingerprint density at radius 1 is 1.14 bits per heavy atom. The topological polar surface area (TPSA) is 46.6 Å². The van der Waals surface area contributed by atoms with Gasteiger partial charge in [-0.3, -0.25) is 0 Å². The molecule has 2 heterocycles. The first kappa shape index (κ1) is 16.1. The first-order valence-electron chi connectivity index (χ1n) is 6.77. The molecule has 2 fully saturated rings. The first-order chi connectivity index (χ1) is 10.3. The largest absolute Gasteiger partial charge is 0.363 e. The monoisotopic (exact) mass is 353 g/mol. The lowest BCUT2D eigenvalue weighted by molar-refractivity contribution is 0.0161. The number of piperidine rings is 1. The number of halogens is 3. The van der Waals surface area contributed by atoms with Gasteiger partial charge in [0.1, 0.15) is 4.93 Å². The normalized spacial score (nSPS) is 22.3. The van der Waals surface area contributed by atoms with Crippen molar-refractivity contribution in [3.8, 4) is 0 Å². The van der Waals surface area contributed by atoms with Crippen LogP contribution in [0, 0.1) is 17.5 Å². The number of nitrogens with zero attached hydrogens (tertiary/aromatic N) is 1. The summed E-state index contributed by atoms with van der Waals surface area (Å²) in [5.41, 5.74) is 0. The number of ether oxygens (including phenoxy) is 1. The predicted molar refractivity (Wildman–Crippen MR) is 75.4 cm³/mol. The maximum atomic E-state index is 13.3. The van der Waals surface area contributed by atoms with E-state index in [1.54, 1.807) is 11.8 Å². The van der Waals surface area contributed by atoms with Crippen molar-refractivity contribution in [2.45, 2.75) is 22.7 Å². The van der Waals surface area contributed by atoms with Crippen LogP contribution in [-0.2, 0) is 14.8 Å². The highest BCUT2D eigenvalue weighted by molar-refractivity contribution is 8.00. The Bertz CT molecular complexity index is 657. The van der Waals surface area contributed by atoms with Crippen molar-refractivity contribution in [3.05, 3.63) is 29.6 Å². The molecule has 0 aliphatic carbocycles. The zero-order valence-electron chi connectivity index (χ0n) is 11.5. The van der Waals surface area contributed by atoms with Crippen LogP contribution in [0.15, 0.2) is 17.0 Å². The van der Waals surface area contributed by atoms with E-state index in [-0.39, 0.29) is 18.0 Å². The molecule has 0 radical (unpaired) electrons. The van der Waals surface area contributed by atoms with Crippen LogP contribution in [0.25, 0.3) is 0 Å². The van der Waals surface area contributed by atoms with Crippen LogP contribution < -0.4 is 0 Å². The van der Waals surface area contributed by atoms with Crippen molar-refractivity contribution >= 4 is 21.8 Å². The van der Waals surface area contributed by atoms with Gasteiger partial charge < -0.3 is 4.74 Å². The number of thioether (sulfide) groups is 1. The lowest BCUT2D eigenvalue weighted by Crippen LogP contribution is -2.45. The molecule has 0 amide bonds. The number of hydrogen-bond acceptors (Lipinski definition) is 4. The van der Waals surface area contributed by atoms with Gasteiger partial charge in [0.05, 0.1) is 11.5 Å². The van der Waals surface area contributed by atoms with Crippen LogP contribution in [0.2, 0.25) is 0 Å². The number of rotatable bonds is 2. The molecule has 2 aliphatic heterocycles. The van der Waals surface area contributed by atoms with Crippen molar-refractivity contribution in [1.82, 2.24) is 4.31 Å². The van der Waals surface area contributed by atoms with Crippen LogP contribution >= 0.6 is 11.8 Å². The van der Waals surface area contributed by atoms with Crippen molar-refractivity contribution < 1.29 is 26.3 Å². The highest BCUT2D eigenvalue weighted by atomic mass is 32.2. The van der Waals surface area contributed by atoms with Gasteiger partial charge in [0.15, 0.2) is 17.5 Å². The minimum absolute atomic E-state index is 0.204. The summed E-state index contributed by atoms with van der Waals surface area (Å²) in [6, 6.07) is 1.03. The van der Waals surface area contributed by atoms with E-state index in [0.29, 0.717) is 31.6 Å². The summed E-state index contributed by atoms with van der Waals surface area (Å²) in [7, 11) is -4.05. The average Bonchev–Trinajstić information content (AvgIpc) is 2.93. The second-order valence-corrected chi connectivity index (χ2v) is 8.59. The Hall–Kier alpha value is -0.770. The van der Waals surface area contributed by atoms with Gasteiger partial charge in [-0.05, 0) is 25.0 Å². The minimum Gasteiger partial charge on any atom is -0.363 e. The summed E-state index contributed by atoms with van der Waals surface area (Å²) >= 11 is 1.67. The second-order valence-electron chi connectivity index (χ2n) is 5.21. The van der Waals surface area contributed by atoms with E-state index in [0.717, 1.165) is 10.1 Å². The molecule has 1 aromatic carbocycles. The van der Waals surface area contributed by atoms with Gasteiger partial charge in [0.25, 0.3) is 0 Å². The first-order valence-corrected chi connectivity index (χ1v) is 9.19. The average molecular weight is 353 g/mol. The molecule has 9 heteroatoms. The molecule has 0 unspecified atom stereocenters. The predicted octanol–water partition coefficient (Wildman–Crippen LogP) is 2.35. The molecule has 0 bridgehead atoms. The molecular weight excluding hydrogens is 339 g/mol. The molecule has 0 N–H and O–H groups in total. The number of hydrogen-bond donors (Lipinski definition) is 0. The Morgan fingerprint density at radius 2 is 1.73 bits per heavy atom. The molecule has 2 saturated heterocycles. The van der Waals surface area contributed by atoms with Crippen molar-refractivity contribution in [2.24, 2.45) is 0 Å². The maximum absolute atomic E-state index is 13.3. The molecule has 4 nitrogen and oxygen atoms in total. The number of sulfonamides is 1. The SMILES string of the molecule is O=S(=O)(c1cc(F)c(F)c(F)c1)N1CCC2(CC1)OCCS2. The van der Waals surface area contributed by atoms with Crippen LogP contribution in [0.5, 0.6) is 0 Å². The summed E-state index contributed by atoms with van der Waals surface area (Å²) in [6.45, 7) is 1.05. The van der Waals surface area contributed by atoms with Gasteiger partial charge in [-0.2, -0.15) is 4.31 Å². The van der Waals surface area contributed by atoms with Crippen molar-refractivity contribution in [1.29, 1.82) is 0 Å². The van der Waals surface area contributed by atoms with Gasteiger partial charge in [-0.25, -0.2) is 21.6 Å². The van der Waals surface area contributed by atoms with E-state index in [9.17, 15) is 21.6 Å². The summed E-state index contributed by atoms with van der Waals surface area (Å²) in [5, 5.41) is 0. The lowest BCUT2D eigenvalue weighted by atomic mass is 10.1. The lowest BCUT2D eigenvalue weighted by Gasteiger charge is -2.37. The smallest absolute Gasteiger partial charge is 0.243 e. The quantitative estimate of drug-likeness (QED) is 0.766. The van der Waals surface area contributed by atoms with Crippen molar-refractivity contribution in [3.63, 3.8) is 0 Å². The summed E-state index contributed by atoms with van der Waals surface area (Å²) < 4.78 is 71.2. The Morgan fingerprint density at radius 3 is 2.23 bits per heavy atom. The maximum Gasteiger partial charge on any atom is 0.243 e. The second kappa shape index (κ2) is 5.70. The molecule has 3 rings (SSSR count). The van der Waals surface area contributed by atoms with Crippen LogP contribution in [0.3, 0.4) is 0 Å². The Labute approximate surface area is 130 Å². The molecular formula is C13H14F3NO3S2. The summed E-state index contributed by atoms with van der Waals surface area (Å²) in [5.74, 6) is -3.82. The van der Waals surface area contributed by atoms with Gasteiger partial charge in [-0.1, -0.05) is 0 Å². The van der Waals surface area contributed by atoms with E-state index < -0.39 is 32.4 Å². The van der Waals surface area contributed by atoms with Crippen molar-refractivity contribution in [2.75, 3.05) is 25.4 Å². The van der Waals surface area contributed by atoms with E-state index in [1.165, 1.54) is 0 Å². The fourth-order valence-electron chi connectivity index (χ4n) is 2.68. The van der Waals surface area contributed by atoms with Crippen LogP contribution in [0.1, 0.15) is 12.8 Å². The van der Waals surface area contributed by atoms with Crippen LogP contribution in [0.4, 0.5) is 13.2 Å². The molecule has 1 aromatic rings. The van der Waals surface area contributed by atoms with E-state index in [4.69, 9.17) is 4.74 Å². The molecule has 0 atom stereocenters. The molecule has 0 saturated carbocycles. The van der Waals surface area contributed by atoms with E-state index in [1.807, 2.05) is 0 Å². The number of benzene rings is 1. The summed E-state index contributed by atoms with van der Waals surface area (Å²) in [6.07, 6.45) is 1.03. The molecule has 0 aromatic heterocycles. The highest BCUT2D eigenvalue weighted by Gasteiger charge is 2.42. The third-order valence-corrected chi connectivity index (χ3v) is 7.19. The zero-order valence-corrected chi connectivity index (χ0v) is 13.2. The van der Waals surface area contributed by atoms with Gasteiger partial charge >= 0.3 is 0 Å². The zero-order chi connectivity index (χ0) is 16.0. The fourth-order valence-corrected chi connectivity index (χ4v) is 5.33. The third-order valence-electron chi connectivity index (χ3n) is 3.89. The molecule has 1 spiro atoms. The minimum atomic E-state index is -4.05. The fraction of sp³-hybridized carbons (Fsp3) is 0.538. The molecule has 2 aliphatic rings. The highest BCUT2D eigenvalue weighted by Crippen LogP contribution is 2.42. The standard InChI is InChI=1S/C13H14F3NO3S2/c14-10-7-9(8-11(15)12(10)16)22(18,19)17-3-1-13(2-4-17)20-5-6-21-13/h7-8H,1-6H2. The summed E-state index contributed by atoms with van der Waals surface area (Å²) in [4.78, 5) is -0.912. The molecule has 122 valence electrons. The van der Waals surface area contributed by atoms with Gasteiger partial charge in [0.2, 0.25) is 10.0 Å². The van der Waals surface area contributed by atoms with Gasteiger partial charge in [0, 0.05) is 18.8 Å². The van der Waals surface area contributed by atoms with E-state index >= 15 is 0 Å². The van der Waals surface area contributed by atoms with Crippen LogP contribution in [-0.4, -0.2) is 43.1 Å². The van der Waals surface area contributed by atoms with E-state index in [2.05, 4.69) is 0 Å². The van der Waals surface area contributed by atoms with Gasteiger partial charge in [-0.15, -0.1) is 11.8 Å².